The fourth-order valence-corrected chi connectivity index (χ4v) is 8.78. The van der Waals surface area contributed by atoms with Crippen LogP contribution in [-0.4, -0.2) is 58.9 Å². The summed E-state index contributed by atoms with van der Waals surface area (Å²) in [5.41, 5.74) is 10.5. The molecule has 1 amide bonds. The molecular formula is C46H62F2N4O4Si. The van der Waals surface area contributed by atoms with Crippen molar-refractivity contribution < 1.29 is 28.5 Å². The molecule has 2 aliphatic heterocycles. The lowest BCUT2D eigenvalue weighted by atomic mass is 9.78. The minimum absolute atomic E-state index is 0.0685. The van der Waals surface area contributed by atoms with E-state index in [0.717, 1.165) is 79.9 Å². The van der Waals surface area contributed by atoms with Crippen LogP contribution in [0.3, 0.4) is 0 Å². The topological polar surface area (TPSA) is 108 Å². The van der Waals surface area contributed by atoms with E-state index < -0.39 is 13.5 Å². The number of fused-ring (bicyclic) bond motifs is 2. The van der Waals surface area contributed by atoms with E-state index in [9.17, 15) is 23.8 Å². The van der Waals surface area contributed by atoms with Gasteiger partial charge in [0.2, 0.25) is 0 Å². The summed E-state index contributed by atoms with van der Waals surface area (Å²) in [6, 6.07) is 13.7. The molecule has 3 N–H and O–H groups in total. The van der Waals surface area contributed by atoms with Crippen molar-refractivity contribution in [2.45, 2.75) is 130 Å². The molecule has 308 valence electrons. The van der Waals surface area contributed by atoms with Gasteiger partial charge in [-0.25, -0.2) is 13.6 Å². The number of hydrogen-bond acceptors (Lipinski definition) is 7. The third-order valence-corrected chi connectivity index (χ3v) is 12.7. The molecule has 2 aliphatic rings. The molecule has 0 atom stereocenters. The second-order valence-corrected chi connectivity index (χ2v) is 24.3. The molecule has 4 aromatic rings. The summed E-state index contributed by atoms with van der Waals surface area (Å²) in [6.07, 6.45) is -0.324. The maximum atomic E-state index is 13.7. The van der Waals surface area contributed by atoms with Crippen molar-refractivity contribution in [3.8, 4) is 22.3 Å². The Balaban J connectivity index is 0.000000228. The highest BCUT2D eigenvalue weighted by atomic mass is 28.3. The van der Waals surface area contributed by atoms with E-state index in [-0.39, 0.29) is 48.2 Å². The Labute approximate surface area is 339 Å². The summed E-state index contributed by atoms with van der Waals surface area (Å²) in [5.74, 6) is -0.252. The lowest BCUT2D eigenvalue weighted by molar-refractivity contribution is 0.0906. The van der Waals surface area contributed by atoms with Crippen molar-refractivity contribution in [2.24, 2.45) is 0 Å². The molecule has 11 heteroatoms. The standard InChI is InChI=1S/C26H37FN2O3Si.C20H25FN2O/c1-17(2)23-21(15-30)22(18-8-10-19(27)11-9-18)20-14-29(16-26(3,4)24(20)28-23)25(31)32-12-13-33(5,6)7;1-12(2)18-16(10-24)17(13-5-7-14(21)8-6-13)15-9-22-11-20(3,4)19(15)23-18/h8-11,17,30H,12-16H2,1-7H3;5-8,12,22,24H,9-11H2,1-4H3. The first-order valence-corrected chi connectivity index (χ1v) is 23.9. The Morgan fingerprint density at radius 3 is 1.68 bits per heavy atom. The third kappa shape index (κ3) is 9.82. The smallest absolute Gasteiger partial charge is 0.410 e. The maximum absolute atomic E-state index is 13.7. The minimum Gasteiger partial charge on any atom is -0.450 e. The van der Waals surface area contributed by atoms with Gasteiger partial charge in [-0.2, -0.15) is 0 Å². The van der Waals surface area contributed by atoms with Crippen LogP contribution in [0.5, 0.6) is 0 Å². The number of halogens is 2. The van der Waals surface area contributed by atoms with Crippen LogP contribution in [0.15, 0.2) is 48.5 Å². The number of aliphatic hydroxyl groups excluding tert-OH is 2. The Hall–Kier alpha value is -4.03. The molecule has 0 radical (unpaired) electrons. The highest BCUT2D eigenvalue weighted by molar-refractivity contribution is 6.76. The Bertz CT molecular complexity index is 2060. The number of amides is 1. The van der Waals surface area contributed by atoms with E-state index in [1.165, 1.54) is 24.3 Å². The number of rotatable bonds is 9. The molecule has 0 aliphatic carbocycles. The van der Waals surface area contributed by atoms with E-state index in [4.69, 9.17) is 14.7 Å². The van der Waals surface area contributed by atoms with Gasteiger partial charge in [-0.3, -0.25) is 9.97 Å². The predicted octanol–water partition coefficient (Wildman–Crippen LogP) is 9.96. The average Bonchev–Trinajstić information content (AvgIpc) is 3.13. The first-order valence-electron chi connectivity index (χ1n) is 20.2. The molecule has 0 saturated heterocycles. The summed E-state index contributed by atoms with van der Waals surface area (Å²) >= 11 is 0. The molecule has 2 aromatic carbocycles. The number of pyridine rings is 2. The second kappa shape index (κ2) is 17.4. The van der Waals surface area contributed by atoms with Gasteiger partial charge in [0.25, 0.3) is 0 Å². The van der Waals surface area contributed by atoms with Crippen molar-refractivity contribution in [2.75, 3.05) is 19.7 Å². The molecule has 0 fully saturated rings. The van der Waals surface area contributed by atoms with Crippen LogP contribution >= 0.6 is 0 Å². The summed E-state index contributed by atoms with van der Waals surface area (Å²) in [5, 5.41) is 23.9. The number of benzene rings is 2. The molecule has 2 aromatic heterocycles. The largest absolute Gasteiger partial charge is 0.450 e. The first-order chi connectivity index (χ1) is 26.7. The SMILES string of the molecule is CC(C)c1nc2c(c(-c3ccc(F)cc3)c1CO)CN(C(=O)OCC[Si](C)(C)C)CC2(C)C.CC(C)c1nc2c(c(-c3ccc(F)cc3)c1CO)CNCC2(C)C. The van der Waals surface area contributed by atoms with Crippen LogP contribution in [0.1, 0.15) is 112 Å². The van der Waals surface area contributed by atoms with Crippen LogP contribution in [-0.2, 0) is 41.9 Å². The number of aromatic nitrogens is 2. The summed E-state index contributed by atoms with van der Waals surface area (Å²) < 4.78 is 32.7. The Morgan fingerprint density at radius 1 is 0.789 bits per heavy atom. The lowest BCUT2D eigenvalue weighted by Gasteiger charge is -2.40. The molecule has 0 unspecified atom stereocenters. The molecule has 0 bridgehead atoms. The number of hydrogen-bond donors (Lipinski definition) is 3. The highest BCUT2D eigenvalue weighted by Crippen LogP contribution is 2.43. The Morgan fingerprint density at radius 2 is 1.25 bits per heavy atom. The minimum atomic E-state index is -1.31. The van der Waals surface area contributed by atoms with Crippen molar-refractivity contribution in [3.63, 3.8) is 0 Å². The zero-order valence-electron chi connectivity index (χ0n) is 35.7. The van der Waals surface area contributed by atoms with Gasteiger partial charge in [0, 0.05) is 66.6 Å². The number of nitrogens with one attached hydrogen (secondary N) is 1. The lowest BCUT2D eigenvalue weighted by Crippen LogP contribution is -2.46. The van der Waals surface area contributed by atoms with Crippen LogP contribution < -0.4 is 5.32 Å². The van der Waals surface area contributed by atoms with Gasteiger partial charge in [-0.15, -0.1) is 0 Å². The van der Waals surface area contributed by atoms with Crippen molar-refractivity contribution in [3.05, 3.63) is 105 Å². The number of nitrogens with zero attached hydrogens (tertiary/aromatic N) is 3. The van der Waals surface area contributed by atoms with Crippen molar-refractivity contribution in [1.82, 2.24) is 20.2 Å². The van der Waals surface area contributed by atoms with Gasteiger partial charge in [0.05, 0.1) is 37.8 Å². The van der Waals surface area contributed by atoms with E-state index >= 15 is 0 Å². The van der Waals surface area contributed by atoms with Gasteiger partial charge in [0.1, 0.15) is 11.6 Å². The first kappa shape index (κ1) is 44.1. The average molecular weight is 801 g/mol. The van der Waals surface area contributed by atoms with Gasteiger partial charge in [-0.05, 0) is 70.0 Å². The van der Waals surface area contributed by atoms with E-state index in [1.54, 1.807) is 29.2 Å². The molecule has 8 nitrogen and oxygen atoms in total. The second-order valence-electron chi connectivity index (χ2n) is 18.6. The monoisotopic (exact) mass is 800 g/mol. The van der Waals surface area contributed by atoms with Gasteiger partial charge >= 0.3 is 6.09 Å². The molecule has 57 heavy (non-hydrogen) atoms. The summed E-state index contributed by atoms with van der Waals surface area (Å²) in [4.78, 5) is 24.7. The summed E-state index contributed by atoms with van der Waals surface area (Å²) in [6.45, 7) is 26.2. The normalized spacial score (nSPS) is 15.8. The number of carbonyl (C=O) groups is 1. The Kier molecular flexibility index (Phi) is 13.5. The molecule has 6 rings (SSSR count). The van der Waals surface area contributed by atoms with Crippen LogP contribution in [0.2, 0.25) is 25.7 Å². The van der Waals surface area contributed by atoms with Gasteiger partial charge in [0.15, 0.2) is 0 Å². The van der Waals surface area contributed by atoms with Gasteiger partial charge < -0.3 is 25.2 Å². The molecular weight excluding hydrogens is 739 g/mol. The quantitative estimate of drug-likeness (QED) is 0.145. The van der Waals surface area contributed by atoms with E-state index in [2.05, 4.69) is 80.3 Å². The van der Waals surface area contributed by atoms with Crippen LogP contribution in [0, 0.1) is 11.6 Å². The fourth-order valence-electron chi connectivity index (χ4n) is 8.07. The maximum Gasteiger partial charge on any atom is 0.410 e. The van der Waals surface area contributed by atoms with Gasteiger partial charge in [-0.1, -0.05) is 99.3 Å². The van der Waals surface area contributed by atoms with E-state index in [1.807, 2.05) is 0 Å². The third-order valence-electron chi connectivity index (χ3n) is 11.0. The predicted molar refractivity (Wildman–Crippen MR) is 227 cm³/mol. The molecule has 0 saturated carbocycles. The number of ether oxygens (including phenoxy) is 1. The van der Waals surface area contributed by atoms with Crippen LogP contribution in [0.25, 0.3) is 22.3 Å². The molecule has 4 heterocycles. The number of aliphatic hydroxyl groups is 2. The molecule has 0 spiro atoms. The van der Waals surface area contributed by atoms with E-state index in [0.29, 0.717) is 26.2 Å². The van der Waals surface area contributed by atoms with Crippen LogP contribution in [0.4, 0.5) is 13.6 Å². The summed E-state index contributed by atoms with van der Waals surface area (Å²) in [7, 11) is -1.31. The zero-order valence-corrected chi connectivity index (χ0v) is 36.7. The number of carbonyl (C=O) groups excluding carboxylic acids is 1. The highest BCUT2D eigenvalue weighted by Gasteiger charge is 2.39. The fraction of sp³-hybridized carbons (Fsp3) is 0.500. The van der Waals surface area contributed by atoms with Crippen molar-refractivity contribution >= 4 is 14.2 Å². The van der Waals surface area contributed by atoms with Crippen molar-refractivity contribution in [1.29, 1.82) is 0 Å². The zero-order chi connectivity index (χ0) is 42.0.